The Bertz CT molecular complexity index is 605. The predicted octanol–water partition coefficient (Wildman–Crippen LogP) is 4.66. The first-order valence-corrected chi connectivity index (χ1v) is 6.61. The highest BCUT2D eigenvalue weighted by Gasteiger charge is 2.12. The summed E-state index contributed by atoms with van der Waals surface area (Å²) in [6, 6.07) is 13.0. The Hall–Kier alpha value is -1.80. The van der Waals surface area contributed by atoms with Gasteiger partial charge in [-0.3, -0.25) is 0 Å². The highest BCUT2D eigenvalue weighted by molar-refractivity contribution is 6.31. The molecule has 0 saturated carbocycles. The van der Waals surface area contributed by atoms with E-state index in [0.717, 1.165) is 18.4 Å². The summed E-state index contributed by atoms with van der Waals surface area (Å²) >= 11 is 5.87. The standard InChI is InChI=1S/C16H15ClO2/c1-2-4-11-5-3-6-12(9-11)14-8-7-13(17)10-15(14)16(18)19/h3,5-10H,2,4H2,1H3,(H,18,19). The van der Waals surface area contributed by atoms with Crippen LogP contribution in [0.25, 0.3) is 11.1 Å². The molecule has 0 unspecified atom stereocenters. The van der Waals surface area contributed by atoms with Gasteiger partial charge in [-0.25, -0.2) is 4.79 Å². The van der Waals surface area contributed by atoms with Crippen LogP contribution in [-0.2, 0) is 6.42 Å². The fraction of sp³-hybridized carbons (Fsp3) is 0.188. The maximum Gasteiger partial charge on any atom is 0.336 e. The summed E-state index contributed by atoms with van der Waals surface area (Å²) < 4.78 is 0. The fourth-order valence-corrected chi connectivity index (χ4v) is 2.30. The van der Waals surface area contributed by atoms with E-state index >= 15 is 0 Å². The topological polar surface area (TPSA) is 37.3 Å². The second kappa shape index (κ2) is 5.89. The molecule has 0 amide bonds. The van der Waals surface area contributed by atoms with E-state index in [1.807, 2.05) is 18.2 Å². The van der Waals surface area contributed by atoms with Gasteiger partial charge in [-0.1, -0.05) is 55.3 Å². The summed E-state index contributed by atoms with van der Waals surface area (Å²) in [6.45, 7) is 2.12. The molecule has 0 spiro atoms. The lowest BCUT2D eigenvalue weighted by molar-refractivity contribution is 0.0697. The Morgan fingerprint density at radius 1 is 1.21 bits per heavy atom. The molecule has 2 aromatic carbocycles. The second-order valence-corrected chi connectivity index (χ2v) is 4.88. The van der Waals surface area contributed by atoms with Crippen molar-refractivity contribution in [3.8, 4) is 11.1 Å². The van der Waals surface area contributed by atoms with Crippen LogP contribution in [0.1, 0.15) is 29.3 Å². The highest BCUT2D eigenvalue weighted by atomic mass is 35.5. The molecule has 2 rings (SSSR count). The molecule has 0 bridgehead atoms. The Morgan fingerprint density at radius 3 is 2.68 bits per heavy atom. The summed E-state index contributed by atoms with van der Waals surface area (Å²) in [7, 11) is 0. The maximum atomic E-state index is 11.3. The van der Waals surface area contributed by atoms with E-state index in [2.05, 4.69) is 13.0 Å². The van der Waals surface area contributed by atoms with Crippen molar-refractivity contribution in [1.82, 2.24) is 0 Å². The van der Waals surface area contributed by atoms with E-state index in [4.69, 9.17) is 11.6 Å². The number of rotatable bonds is 4. The van der Waals surface area contributed by atoms with Gasteiger partial charge in [0.1, 0.15) is 0 Å². The summed E-state index contributed by atoms with van der Waals surface area (Å²) in [4.78, 5) is 11.3. The van der Waals surface area contributed by atoms with Crippen molar-refractivity contribution in [1.29, 1.82) is 0 Å². The molecule has 0 fully saturated rings. The monoisotopic (exact) mass is 274 g/mol. The number of carbonyl (C=O) groups is 1. The Morgan fingerprint density at radius 2 is 2.00 bits per heavy atom. The van der Waals surface area contributed by atoms with E-state index in [9.17, 15) is 9.90 Å². The third kappa shape index (κ3) is 3.15. The number of hydrogen-bond donors (Lipinski definition) is 1. The molecule has 0 aromatic heterocycles. The molecule has 0 radical (unpaired) electrons. The number of carboxylic acids is 1. The normalized spacial score (nSPS) is 10.4. The highest BCUT2D eigenvalue weighted by Crippen LogP contribution is 2.27. The molecule has 0 saturated heterocycles. The molecule has 0 aliphatic heterocycles. The van der Waals surface area contributed by atoms with E-state index in [-0.39, 0.29) is 5.56 Å². The average molecular weight is 275 g/mol. The summed E-state index contributed by atoms with van der Waals surface area (Å²) in [5.41, 5.74) is 3.07. The minimum Gasteiger partial charge on any atom is -0.478 e. The molecule has 2 nitrogen and oxygen atoms in total. The summed E-state index contributed by atoms with van der Waals surface area (Å²) in [5.74, 6) is -0.960. The molecule has 0 atom stereocenters. The number of aromatic carboxylic acids is 1. The van der Waals surface area contributed by atoms with Crippen molar-refractivity contribution in [3.63, 3.8) is 0 Å². The first-order chi connectivity index (χ1) is 9.11. The second-order valence-electron chi connectivity index (χ2n) is 4.45. The molecular formula is C16H15ClO2. The van der Waals surface area contributed by atoms with Gasteiger partial charge >= 0.3 is 5.97 Å². The van der Waals surface area contributed by atoms with Crippen LogP contribution in [0.5, 0.6) is 0 Å². The number of halogens is 1. The third-order valence-electron chi connectivity index (χ3n) is 2.99. The molecule has 2 aromatic rings. The van der Waals surface area contributed by atoms with Gasteiger partial charge in [0.2, 0.25) is 0 Å². The van der Waals surface area contributed by atoms with E-state index < -0.39 is 5.97 Å². The van der Waals surface area contributed by atoms with Crippen LogP contribution >= 0.6 is 11.6 Å². The van der Waals surface area contributed by atoms with Crippen LogP contribution < -0.4 is 0 Å². The van der Waals surface area contributed by atoms with Crippen LogP contribution in [0, 0.1) is 0 Å². The summed E-state index contributed by atoms with van der Waals surface area (Å²) in [5, 5.41) is 9.70. The van der Waals surface area contributed by atoms with Crippen molar-refractivity contribution in [2.75, 3.05) is 0 Å². The van der Waals surface area contributed by atoms with Crippen LogP contribution in [-0.4, -0.2) is 11.1 Å². The van der Waals surface area contributed by atoms with Crippen molar-refractivity contribution in [2.24, 2.45) is 0 Å². The smallest absolute Gasteiger partial charge is 0.336 e. The third-order valence-corrected chi connectivity index (χ3v) is 3.22. The lowest BCUT2D eigenvalue weighted by Gasteiger charge is -2.08. The zero-order chi connectivity index (χ0) is 13.8. The van der Waals surface area contributed by atoms with E-state index in [1.54, 1.807) is 12.1 Å². The van der Waals surface area contributed by atoms with E-state index in [1.165, 1.54) is 11.6 Å². The molecule has 3 heteroatoms. The van der Waals surface area contributed by atoms with Crippen LogP contribution in [0.4, 0.5) is 0 Å². The lowest BCUT2D eigenvalue weighted by atomic mass is 9.97. The van der Waals surface area contributed by atoms with Gasteiger partial charge in [-0.15, -0.1) is 0 Å². The van der Waals surface area contributed by atoms with Gasteiger partial charge in [0.25, 0.3) is 0 Å². The van der Waals surface area contributed by atoms with Crippen molar-refractivity contribution < 1.29 is 9.90 Å². The van der Waals surface area contributed by atoms with Crippen LogP contribution in [0.15, 0.2) is 42.5 Å². The van der Waals surface area contributed by atoms with Gasteiger partial charge in [0.15, 0.2) is 0 Å². The molecule has 0 aliphatic rings. The Balaban J connectivity index is 2.52. The largest absolute Gasteiger partial charge is 0.478 e. The van der Waals surface area contributed by atoms with Gasteiger partial charge in [-0.2, -0.15) is 0 Å². The average Bonchev–Trinajstić information content (AvgIpc) is 2.39. The molecule has 98 valence electrons. The first kappa shape index (κ1) is 13.6. The predicted molar refractivity (Wildman–Crippen MR) is 77.8 cm³/mol. The minimum absolute atomic E-state index is 0.237. The Kier molecular flexibility index (Phi) is 4.23. The van der Waals surface area contributed by atoms with Gasteiger partial charge in [0, 0.05) is 5.02 Å². The molecular weight excluding hydrogens is 260 g/mol. The van der Waals surface area contributed by atoms with Crippen LogP contribution in [0.2, 0.25) is 5.02 Å². The molecule has 1 N–H and O–H groups in total. The summed E-state index contributed by atoms with van der Waals surface area (Å²) in [6.07, 6.45) is 2.06. The maximum absolute atomic E-state index is 11.3. The van der Waals surface area contributed by atoms with Gasteiger partial charge in [0.05, 0.1) is 5.56 Å². The van der Waals surface area contributed by atoms with Gasteiger partial charge in [-0.05, 0) is 35.2 Å². The minimum atomic E-state index is -0.960. The Labute approximate surface area is 117 Å². The number of hydrogen-bond acceptors (Lipinski definition) is 1. The molecule has 19 heavy (non-hydrogen) atoms. The first-order valence-electron chi connectivity index (χ1n) is 6.24. The van der Waals surface area contributed by atoms with Crippen LogP contribution in [0.3, 0.4) is 0 Å². The quantitative estimate of drug-likeness (QED) is 0.880. The molecule has 0 heterocycles. The van der Waals surface area contributed by atoms with Crippen molar-refractivity contribution in [2.45, 2.75) is 19.8 Å². The zero-order valence-corrected chi connectivity index (χ0v) is 11.4. The van der Waals surface area contributed by atoms with Crippen molar-refractivity contribution in [3.05, 3.63) is 58.6 Å². The van der Waals surface area contributed by atoms with Crippen molar-refractivity contribution >= 4 is 17.6 Å². The van der Waals surface area contributed by atoms with E-state index in [0.29, 0.717) is 10.6 Å². The zero-order valence-electron chi connectivity index (χ0n) is 10.7. The lowest BCUT2D eigenvalue weighted by Crippen LogP contribution is -1.99. The fourth-order valence-electron chi connectivity index (χ4n) is 2.13. The number of carboxylic acid groups (broad SMARTS) is 1. The van der Waals surface area contributed by atoms with Gasteiger partial charge < -0.3 is 5.11 Å². The number of benzene rings is 2. The SMILES string of the molecule is CCCc1cccc(-c2ccc(Cl)cc2C(=O)O)c1. The number of aryl methyl sites for hydroxylation is 1. The molecule has 0 aliphatic carbocycles.